The summed E-state index contributed by atoms with van der Waals surface area (Å²) in [4.78, 5) is 12.4. The highest BCUT2D eigenvalue weighted by atomic mass is 35.5. The van der Waals surface area contributed by atoms with Gasteiger partial charge in [-0.2, -0.15) is 13.2 Å². The molecule has 0 bridgehead atoms. The summed E-state index contributed by atoms with van der Waals surface area (Å²) in [5.74, 6) is -1.18. The molecule has 7 heteroatoms. The molecule has 1 heterocycles. The normalized spacial score (nSPS) is 23.2. The fourth-order valence-corrected chi connectivity index (χ4v) is 3.74. The van der Waals surface area contributed by atoms with E-state index in [0.717, 1.165) is 11.4 Å². The molecule has 146 valence electrons. The van der Waals surface area contributed by atoms with Crippen molar-refractivity contribution in [3.63, 3.8) is 0 Å². The minimum atomic E-state index is -4.07. The van der Waals surface area contributed by atoms with Crippen molar-refractivity contribution < 1.29 is 18.0 Å². The van der Waals surface area contributed by atoms with Gasteiger partial charge in [0.1, 0.15) is 0 Å². The highest BCUT2D eigenvalue weighted by Gasteiger charge is 2.41. The van der Waals surface area contributed by atoms with E-state index in [0.29, 0.717) is 19.4 Å². The number of alkyl halides is 3. The van der Waals surface area contributed by atoms with Crippen molar-refractivity contribution in [1.82, 2.24) is 5.32 Å². The lowest BCUT2D eigenvalue weighted by atomic mass is 9.81. The maximum atomic E-state index is 12.3. The van der Waals surface area contributed by atoms with Crippen LogP contribution in [0.5, 0.6) is 0 Å². The number of hydrogen-bond donors (Lipinski definition) is 1. The largest absolute Gasteiger partial charge is 0.391 e. The molecule has 1 aromatic rings. The van der Waals surface area contributed by atoms with Gasteiger partial charge in [-0.05, 0) is 62.3 Å². The lowest BCUT2D eigenvalue weighted by Gasteiger charge is -2.30. The number of benzene rings is 1. The summed E-state index contributed by atoms with van der Waals surface area (Å²) in [6, 6.07) is 8.09. The number of hydrogen-bond acceptors (Lipinski definition) is 2. The third-order valence-corrected chi connectivity index (χ3v) is 5.29. The molecule has 1 aliphatic heterocycles. The maximum Gasteiger partial charge on any atom is 0.391 e. The van der Waals surface area contributed by atoms with Gasteiger partial charge in [0.25, 0.3) is 0 Å². The summed E-state index contributed by atoms with van der Waals surface area (Å²) in [5, 5.41) is 3.26. The Labute approximate surface area is 157 Å². The Bertz CT molecular complexity index is 545. The van der Waals surface area contributed by atoms with Crippen molar-refractivity contribution in [1.29, 1.82) is 0 Å². The zero-order valence-corrected chi connectivity index (χ0v) is 15.5. The second kappa shape index (κ2) is 10.0. The van der Waals surface area contributed by atoms with E-state index in [2.05, 4.69) is 22.3 Å². The van der Waals surface area contributed by atoms with Gasteiger partial charge >= 0.3 is 6.18 Å². The van der Waals surface area contributed by atoms with Crippen molar-refractivity contribution in [3.05, 3.63) is 29.3 Å². The van der Waals surface area contributed by atoms with Gasteiger partial charge in [-0.25, -0.2) is 0 Å². The summed E-state index contributed by atoms with van der Waals surface area (Å²) in [6.45, 7) is 2.76. The van der Waals surface area contributed by atoms with Gasteiger partial charge in [0.15, 0.2) is 0 Å². The Morgan fingerprint density at radius 1 is 1.12 bits per heavy atom. The van der Waals surface area contributed by atoms with E-state index in [1.165, 1.54) is 31.6 Å². The summed E-state index contributed by atoms with van der Waals surface area (Å²) >= 11 is 5.80. The average Bonchev–Trinajstić information content (AvgIpc) is 3.15. The first-order valence-corrected chi connectivity index (χ1v) is 9.52. The van der Waals surface area contributed by atoms with Crippen LogP contribution in [0.15, 0.2) is 24.3 Å². The standard InChI is InChI=1S/C10H12ClN.C9H14F3NO/c11-9-3-5-10(6-4-9)12-7-1-2-8-12;10-9(11,12)8-3-1-2-7(4-8)5-13-6-14/h3-6H,1-2,7-8H2;6-8H,1-5H2,(H,13,14). The minimum absolute atomic E-state index is 0.0134. The number of nitrogens with zero attached hydrogens (tertiary/aromatic N) is 1. The van der Waals surface area contributed by atoms with Crippen molar-refractivity contribution in [2.45, 2.75) is 44.7 Å². The van der Waals surface area contributed by atoms with Gasteiger partial charge in [0.2, 0.25) is 6.41 Å². The molecule has 1 aliphatic carbocycles. The molecule has 2 unspecified atom stereocenters. The van der Waals surface area contributed by atoms with Gasteiger partial charge in [-0.3, -0.25) is 4.79 Å². The fraction of sp³-hybridized carbons (Fsp3) is 0.632. The third-order valence-electron chi connectivity index (χ3n) is 5.03. The van der Waals surface area contributed by atoms with Gasteiger partial charge in [0.05, 0.1) is 5.92 Å². The van der Waals surface area contributed by atoms with Crippen molar-refractivity contribution >= 4 is 23.7 Å². The zero-order valence-electron chi connectivity index (χ0n) is 14.8. The Balaban J connectivity index is 0.000000189. The van der Waals surface area contributed by atoms with E-state index in [4.69, 9.17) is 11.6 Å². The quantitative estimate of drug-likeness (QED) is 0.730. The van der Waals surface area contributed by atoms with Crippen LogP contribution in [0.3, 0.4) is 0 Å². The van der Waals surface area contributed by atoms with E-state index in [1.54, 1.807) is 0 Å². The first kappa shape index (κ1) is 20.9. The second-order valence-corrected chi connectivity index (χ2v) is 7.40. The molecule has 0 aromatic heterocycles. The SMILES string of the molecule is Clc1ccc(N2CCCC2)cc1.O=CNCC1CCCC(C(F)(F)F)C1. The lowest BCUT2D eigenvalue weighted by molar-refractivity contribution is -0.185. The fourth-order valence-electron chi connectivity index (χ4n) is 3.62. The molecule has 1 amide bonds. The van der Waals surface area contributed by atoms with Crippen molar-refractivity contribution in [2.24, 2.45) is 11.8 Å². The first-order chi connectivity index (χ1) is 12.4. The van der Waals surface area contributed by atoms with Crippen LogP contribution in [0.1, 0.15) is 38.5 Å². The van der Waals surface area contributed by atoms with Crippen LogP contribution in [0, 0.1) is 11.8 Å². The molecule has 1 aromatic carbocycles. The van der Waals surface area contributed by atoms with E-state index >= 15 is 0 Å². The molecule has 1 saturated heterocycles. The molecular formula is C19H26ClF3N2O. The summed E-state index contributed by atoms with van der Waals surface area (Å²) < 4.78 is 37.0. The predicted molar refractivity (Wildman–Crippen MR) is 98.5 cm³/mol. The van der Waals surface area contributed by atoms with E-state index < -0.39 is 12.1 Å². The number of nitrogens with one attached hydrogen (secondary N) is 1. The van der Waals surface area contributed by atoms with Crippen molar-refractivity contribution in [3.8, 4) is 0 Å². The van der Waals surface area contributed by atoms with Crippen LogP contribution in [0.2, 0.25) is 5.02 Å². The number of carbonyl (C=O) groups excluding carboxylic acids is 1. The number of anilines is 1. The molecule has 0 radical (unpaired) electrons. The van der Waals surface area contributed by atoms with E-state index in [9.17, 15) is 18.0 Å². The highest BCUT2D eigenvalue weighted by molar-refractivity contribution is 6.30. The number of amides is 1. The third kappa shape index (κ3) is 6.71. The molecule has 0 spiro atoms. The first-order valence-electron chi connectivity index (χ1n) is 9.14. The summed E-state index contributed by atoms with van der Waals surface area (Å²) in [7, 11) is 0. The molecule has 3 rings (SSSR count). The highest BCUT2D eigenvalue weighted by Crippen LogP contribution is 2.39. The lowest BCUT2D eigenvalue weighted by Crippen LogP contribution is -2.32. The Hall–Kier alpha value is -1.43. The molecule has 1 N–H and O–H groups in total. The van der Waals surface area contributed by atoms with Gasteiger partial charge in [-0.1, -0.05) is 18.0 Å². The maximum absolute atomic E-state index is 12.3. The van der Waals surface area contributed by atoms with Crippen molar-refractivity contribution in [2.75, 3.05) is 24.5 Å². The molecule has 26 heavy (non-hydrogen) atoms. The molecule has 2 atom stereocenters. The molecule has 3 nitrogen and oxygen atoms in total. The number of rotatable bonds is 4. The smallest absolute Gasteiger partial charge is 0.372 e. The van der Waals surface area contributed by atoms with Crippen LogP contribution in [-0.2, 0) is 4.79 Å². The second-order valence-electron chi connectivity index (χ2n) is 6.97. The molecule has 2 aliphatic rings. The summed E-state index contributed by atoms with van der Waals surface area (Å²) in [5.41, 5.74) is 1.30. The van der Waals surface area contributed by atoms with Gasteiger partial charge < -0.3 is 10.2 Å². The van der Waals surface area contributed by atoms with Crippen LogP contribution in [0.25, 0.3) is 0 Å². The number of halogens is 4. The number of carbonyl (C=O) groups is 1. The predicted octanol–water partition coefficient (Wildman–Crippen LogP) is 5.04. The molecular weight excluding hydrogens is 365 g/mol. The van der Waals surface area contributed by atoms with E-state index in [-0.39, 0.29) is 18.8 Å². The Kier molecular flexibility index (Phi) is 8.07. The van der Waals surface area contributed by atoms with Crippen LogP contribution >= 0.6 is 11.6 Å². The topological polar surface area (TPSA) is 32.3 Å². The zero-order chi connectivity index (χ0) is 19.0. The summed E-state index contributed by atoms with van der Waals surface area (Å²) in [6.07, 6.45) is 0.899. The van der Waals surface area contributed by atoms with Gasteiger partial charge in [-0.15, -0.1) is 0 Å². The minimum Gasteiger partial charge on any atom is -0.372 e. The van der Waals surface area contributed by atoms with Crippen LogP contribution < -0.4 is 10.2 Å². The monoisotopic (exact) mass is 390 g/mol. The van der Waals surface area contributed by atoms with Crippen LogP contribution in [0.4, 0.5) is 18.9 Å². The Morgan fingerprint density at radius 2 is 1.77 bits per heavy atom. The van der Waals surface area contributed by atoms with Gasteiger partial charge in [0, 0.05) is 30.3 Å². The van der Waals surface area contributed by atoms with E-state index in [1.807, 2.05) is 12.1 Å². The average molecular weight is 391 g/mol. The molecule has 2 fully saturated rings. The van der Waals surface area contributed by atoms with Crippen LogP contribution in [-0.4, -0.2) is 32.2 Å². The Morgan fingerprint density at radius 3 is 2.35 bits per heavy atom. The molecule has 1 saturated carbocycles.